The van der Waals surface area contributed by atoms with E-state index >= 15 is 0 Å². The summed E-state index contributed by atoms with van der Waals surface area (Å²) in [4.78, 5) is 0. The van der Waals surface area contributed by atoms with Gasteiger partial charge >= 0.3 is 39.6 Å². The Kier molecular flexibility index (Phi) is 5.85. The lowest BCUT2D eigenvalue weighted by atomic mass is 9.94. The maximum Gasteiger partial charge on any atom is 0.387 e. The van der Waals surface area contributed by atoms with E-state index in [1.807, 2.05) is 0 Å². The van der Waals surface area contributed by atoms with Gasteiger partial charge in [0, 0.05) is 22.6 Å². The second-order valence-corrected chi connectivity index (χ2v) is 5.30. The van der Waals surface area contributed by atoms with Crippen molar-refractivity contribution in [2.24, 2.45) is 0 Å². The number of hydrogen-bond donors (Lipinski definition) is 0. The van der Waals surface area contributed by atoms with Crippen LogP contribution in [-0.2, 0) is 0 Å². The Hall–Kier alpha value is -0.580. The number of hydrogen-bond acceptors (Lipinski definition) is 0. The molecule has 0 atom stereocenters. The standard InChI is InChI=1S/C8F15I/c9-1(2(10)11)3(12,13)4(14,15)5(16,17)6(18,19)7(20,21)8(22,23)24. The van der Waals surface area contributed by atoms with E-state index in [-0.39, 0.29) is 0 Å². The van der Waals surface area contributed by atoms with E-state index in [1.54, 1.807) is 0 Å². The molecule has 16 heteroatoms. The molecule has 0 N–H and O–H groups in total. The predicted octanol–water partition coefficient (Wildman–Crippen LogP) is 6.27. The third kappa shape index (κ3) is 3.02. The maximum atomic E-state index is 12.9. The Morgan fingerprint density at radius 1 is 0.500 bits per heavy atom. The van der Waals surface area contributed by atoms with Crippen LogP contribution in [-0.4, -0.2) is 33.5 Å². The minimum Gasteiger partial charge on any atom is -0.199 e. The van der Waals surface area contributed by atoms with Crippen molar-refractivity contribution >= 4 is 22.6 Å². The molecular formula is C8F15I. The molecule has 0 bridgehead atoms. The van der Waals surface area contributed by atoms with Gasteiger partial charge in [0.15, 0.2) is 0 Å². The molecule has 0 saturated carbocycles. The van der Waals surface area contributed by atoms with Crippen LogP contribution in [0.15, 0.2) is 11.9 Å². The highest BCUT2D eigenvalue weighted by molar-refractivity contribution is 14.1. The first-order valence-corrected chi connectivity index (χ1v) is 5.85. The van der Waals surface area contributed by atoms with Gasteiger partial charge in [-0.3, -0.25) is 0 Å². The average Bonchev–Trinajstić information content (AvgIpc) is 2.35. The van der Waals surface area contributed by atoms with Crippen LogP contribution in [0.3, 0.4) is 0 Å². The summed E-state index contributed by atoms with van der Waals surface area (Å²) in [5, 5.41) is 0. The van der Waals surface area contributed by atoms with Crippen LogP contribution in [0.4, 0.5) is 65.9 Å². The summed E-state index contributed by atoms with van der Waals surface area (Å²) in [6.07, 6.45) is -4.36. The van der Waals surface area contributed by atoms with E-state index < -0.39 is 68.0 Å². The largest absolute Gasteiger partial charge is 0.387 e. The van der Waals surface area contributed by atoms with Crippen LogP contribution in [0.1, 0.15) is 0 Å². The second kappa shape index (κ2) is 6.00. The summed E-state index contributed by atoms with van der Waals surface area (Å²) in [7, 11) is 0. The molecule has 0 aromatic carbocycles. The lowest BCUT2D eigenvalue weighted by Crippen LogP contribution is -2.69. The van der Waals surface area contributed by atoms with Gasteiger partial charge in [-0.1, -0.05) is 0 Å². The Balaban J connectivity index is 6.47. The van der Waals surface area contributed by atoms with Crippen molar-refractivity contribution in [3.05, 3.63) is 11.9 Å². The highest BCUT2D eigenvalue weighted by Crippen LogP contribution is 2.62. The van der Waals surface area contributed by atoms with Gasteiger partial charge in [0.1, 0.15) is 0 Å². The molecule has 144 valence electrons. The molecule has 0 aromatic rings. The summed E-state index contributed by atoms with van der Waals surface area (Å²) >= 11 is -0.875. The van der Waals surface area contributed by atoms with Crippen LogP contribution >= 0.6 is 22.6 Å². The number of allylic oxidation sites excluding steroid dienone is 1. The van der Waals surface area contributed by atoms with Crippen molar-refractivity contribution in [1.29, 1.82) is 0 Å². The van der Waals surface area contributed by atoms with Crippen molar-refractivity contribution in [3.63, 3.8) is 0 Å². The lowest BCUT2D eigenvalue weighted by molar-refractivity contribution is -0.411. The molecular weight excluding hydrogens is 508 g/mol. The van der Waals surface area contributed by atoms with E-state index in [2.05, 4.69) is 0 Å². The lowest BCUT2D eigenvalue weighted by Gasteiger charge is -2.39. The Bertz CT molecular complexity index is 508. The molecule has 0 rings (SSSR count). The molecule has 0 aliphatic heterocycles. The molecule has 0 heterocycles. The van der Waals surface area contributed by atoms with E-state index in [9.17, 15) is 65.9 Å². The zero-order valence-corrected chi connectivity index (χ0v) is 12.2. The zero-order chi connectivity index (χ0) is 20.2. The molecule has 0 aromatic heterocycles. The zero-order valence-electron chi connectivity index (χ0n) is 10.0. The maximum absolute atomic E-state index is 12.9. The van der Waals surface area contributed by atoms with Gasteiger partial charge in [-0.15, -0.1) is 0 Å². The first-order valence-electron chi connectivity index (χ1n) is 4.77. The van der Waals surface area contributed by atoms with Crippen LogP contribution < -0.4 is 0 Å². The number of rotatable bonds is 6. The van der Waals surface area contributed by atoms with Crippen LogP contribution in [0.25, 0.3) is 0 Å². The normalized spacial score (nSPS) is 15.5. The summed E-state index contributed by atoms with van der Waals surface area (Å²) in [5.74, 6) is -43.3. The molecule has 0 spiro atoms. The van der Waals surface area contributed by atoms with Gasteiger partial charge in [0.05, 0.1) is 0 Å². The smallest absolute Gasteiger partial charge is 0.199 e. The second-order valence-electron chi connectivity index (χ2n) is 3.94. The molecule has 24 heavy (non-hydrogen) atoms. The Morgan fingerprint density at radius 2 is 0.792 bits per heavy atom. The van der Waals surface area contributed by atoms with E-state index in [1.165, 1.54) is 0 Å². The third-order valence-corrected chi connectivity index (χ3v) is 3.05. The molecule has 0 radical (unpaired) electrons. The summed E-state index contributed by atoms with van der Waals surface area (Å²) in [6, 6.07) is 0. The monoisotopic (exact) mass is 508 g/mol. The average molecular weight is 508 g/mol. The first kappa shape index (κ1) is 23.4. The molecule has 0 nitrogen and oxygen atoms in total. The van der Waals surface area contributed by atoms with E-state index in [0.717, 1.165) is 0 Å². The molecule has 0 fully saturated rings. The summed E-state index contributed by atoms with van der Waals surface area (Å²) in [5.41, 5.74) is 0. The SMILES string of the molecule is FC(F)=C(F)C(F)(F)C(F)(F)C(F)(F)C(F)(F)C(F)(F)C(F)(F)I. The van der Waals surface area contributed by atoms with Crippen molar-refractivity contribution in [2.45, 2.75) is 33.5 Å². The molecule has 0 amide bonds. The van der Waals surface area contributed by atoms with Gasteiger partial charge < -0.3 is 0 Å². The quantitative estimate of drug-likeness (QED) is 0.226. The van der Waals surface area contributed by atoms with E-state index in [0.29, 0.717) is 0 Å². The van der Waals surface area contributed by atoms with Crippen LogP contribution in [0, 0.1) is 0 Å². The Morgan fingerprint density at radius 3 is 1.04 bits per heavy atom. The molecule has 0 aliphatic rings. The minimum atomic E-state index is -8.08. The molecule has 0 unspecified atom stereocenters. The summed E-state index contributed by atoms with van der Waals surface area (Å²) < 4.78 is 182. The predicted molar refractivity (Wildman–Crippen MR) is 54.1 cm³/mol. The third-order valence-electron chi connectivity index (χ3n) is 2.37. The van der Waals surface area contributed by atoms with Crippen molar-refractivity contribution < 1.29 is 65.9 Å². The molecule has 0 saturated heterocycles. The van der Waals surface area contributed by atoms with E-state index in [4.69, 9.17) is 0 Å². The van der Waals surface area contributed by atoms with Gasteiger partial charge in [-0.25, -0.2) is 0 Å². The van der Waals surface area contributed by atoms with Gasteiger partial charge in [-0.05, 0) is 0 Å². The fourth-order valence-corrected chi connectivity index (χ4v) is 1.36. The van der Waals surface area contributed by atoms with Crippen molar-refractivity contribution in [3.8, 4) is 0 Å². The highest BCUT2D eigenvalue weighted by Gasteiger charge is 2.90. The summed E-state index contributed by atoms with van der Waals surface area (Å²) in [6.45, 7) is 0. The first-order chi connectivity index (χ1) is 10.1. The topological polar surface area (TPSA) is 0 Å². The number of halogens is 16. The van der Waals surface area contributed by atoms with Crippen LogP contribution in [0.5, 0.6) is 0 Å². The highest BCUT2D eigenvalue weighted by atomic mass is 127. The van der Waals surface area contributed by atoms with Crippen molar-refractivity contribution in [2.75, 3.05) is 0 Å². The van der Waals surface area contributed by atoms with Gasteiger partial charge in [0.2, 0.25) is 5.83 Å². The fourth-order valence-electron chi connectivity index (χ4n) is 1.03. The van der Waals surface area contributed by atoms with Gasteiger partial charge in [-0.2, -0.15) is 65.9 Å². The van der Waals surface area contributed by atoms with Crippen LogP contribution in [0.2, 0.25) is 0 Å². The Labute approximate surface area is 134 Å². The molecule has 0 aliphatic carbocycles. The number of alkyl halides is 13. The minimum absolute atomic E-state index is 0.875. The van der Waals surface area contributed by atoms with Crippen molar-refractivity contribution in [1.82, 2.24) is 0 Å². The fraction of sp³-hybridized carbons (Fsp3) is 0.750. The van der Waals surface area contributed by atoms with Gasteiger partial charge in [0.25, 0.3) is 0 Å².